The van der Waals surface area contributed by atoms with Gasteiger partial charge in [0.1, 0.15) is 0 Å². The molecule has 1 aliphatic heterocycles. The van der Waals surface area contributed by atoms with E-state index < -0.39 is 0 Å². The van der Waals surface area contributed by atoms with Crippen LogP contribution in [0.5, 0.6) is 0 Å². The van der Waals surface area contributed by atoms with E-state index in [1.807, 2.05) is 13.1 Å². The van der Waals surface area contributed by atoms with E-state index in [9.17, 15) is 0 Å². The lowest BCUT2D eigenvalue weighted by Crippen LogP contribution is -2.47. The number of aromatic nitrogens is 2. The zero-order chi connectivity index (χ0) is 13.2. The van der Waals surface area contributed by atoms with Gasteiger partial charge in [-0.2, -0.15) is 0 Å². The standard InChI is InChI=1S/C15H22ClN3/c1-11-13(9-16)10-17-15(18-11)19-8-4-6-12-5-2-3-7-14(12)19/h10,12,14H,2-9H2,1H3/t12-,14-/m1/s1. The first-order valence-electron chi connectivity index (χ1n) is 7.44. The molecule has 0 aromatic carbocycles. The number of rotatable bonds is 2. The van der Waals surface area contributed by atoms with Crippen LogP contribution in [0.15, 0.2) is 6.20 Å². The molecule has 3 nitrogen and oxygen atoms in total. The smallest absolute Gasteiger partial charge is 0.225 e. The van der Waals surface area contributed by atoms with Crippen molar-refractivity contribution in [2.75, 3.05) is 11.4 Å². The van der Waals surface area contributed by atoms with Crippen LogP contribution >= 0.6 is 11.6 Å². The molecule has 0 radical (unpaired) electrons. The summed E-state index contributed by atoms with van der Waals surface area (Å²) in [6.45, 7) is 3.14. The van der Waals surface area contributed by atoms with Gasteiger partial charge in [0.15, 0.2) is 0 Å². The van der Waals surface area contributed by atoms with Gasteiger partial charge in [0, 0.05) is 30.0 Å². The first-order chi connectivity index (χ1) is 9.29. The largest absolute Gasteiger partial charge is 0.338 e. The van der Waals surface area contributed by atoms with Gasteiger partial charge >= 0.3 is 0 Å². The molecule has 104 valence electrons. The van der Waals surface area contributed by atoms with Gasteiger partial charge in [0.25, 0.3) is 0 Å². The number of nitrogens with zero attached hydrogens (tertiary/aromatic N) is 3. The van der Waals surface area contributed by atoms with Crippen molar-refractivity contribution < 1.29 is 0 Å². The number of piperidine rings is 1. The molecule has 2 aliphatic rings. The van der Waals surface area contributed by atoms with E-state index in [-0.39, 0.29) is 0 Å². The fourth-order valence-corrected chi connectivity index (χ4v) is 3.88. The first kappa shape index (κ1) is 13.2. The van der Waals surface area contributed by atoms with Crippen molar-refractivity contribution in [3.8, 4) is 0 Å². The van der Waals surface area contributed by atoms with Crippen molar-refractivity contribution in [1.82, 2.24) is 9.97 Å². The Morgan fingerprint density at radius 2 is 2.05 bits per heavy atom. The summed E-state index contributed by atoms with van der Waals surface area (Å²) < 4.78 is 0. The maximum atomic E-state index is 5.89. The Hall–Kier alpha value is -0.830. The summed E-state index contributed by atoms with van der Waals surface area (Å²) in [5, 5.41) is 0. The average molecular weight is 280 g/mol. The zero-order valence-electron chi connectivity index (χ0n) is 11.6. The molecule has 1 aliphatic carbocycles. The molecule has 3 rings (SSSR count). The second-order valence-corrected chi connectivity index (χ2v) is 6.13. The van der Waals surface area contributed by atoms with Crippen LogP contribution in [-0.2, 0) is 5.88 Å². The maximum Gasteiger partial charge on any atom is 0.225 e. The summed E-state index contributed by atoms with van der Waals surface area (Å²) in [5.74, 6) is 2.28. The predicted molar refractivity (Wildman–Crippen MR) is 78.7 cm³/mol. The van der Waals surface area contributed by atoms with E-state index in [1.165, 1.54) is 38.5 Å². The molecule has 1 aromatic heterocycles. The lowest BCUT2D eigenvalue weighted by atomic mass is 9.78. The molecule has 1 aromatic rings. The van der Waals surface area contributed by atoms with Crippen LogP contribution in [0.25, 0.3) is 0 Å². The highest BCUT2D eigenvalue weighted by atomic mass is 35.5. The van der Waals surface area contributed by atoms with Gasteiger partial charge in [-0.05, 0) is 38.5 Å². The molecule has 0 N–H and O–H groups in total. The van der Waals surface area contributed by atoms with E-state index in [0.717, 1.165) is 29.7 Å². The molecular weight excluding hydrogens is 258 g/mol. The number of hydrogen-bond donors (Lipinski definition) is 0. The zero-order valence-corrected chi connectivity index (χ0v) is 12.4. The third-order valence-electron chi connectivity index (χ3n) is 4.71. The van der Waals surface area contributed by atoms with Crippen LogP contribution in [0.4, 0.5) is 5.95 Å². The van der Waals surface area contributed by atoms with E-state index in [1.54, 1.807) is 0 Å². The molecule has 19 heavy (non-hydrogen) atoms. The fourth-order valence-electron chi connectivity index (χ4n) is 3.62. The Morgan fingerprint density at radius 3 is 2.84 bits per heavy atom. The second kappa shape index (κ2) is 5.66. The van der Waals surface area contributed by atoms with Gasteiger partial charge in [-0.25, -0.2) is 9.97 Å². The van der Waals surface area contributed by atoms with Crippen molar-refractivity contribution in [1.29, 1.82) is 0 Å². The second-order valence-electron chi connectivity index (χ2n) is 5.86. The molecular formula is C15H22ClN3. The molecule has 0 unspecified atom stereocenters. The molecule has 2 atom stereocenters. The van der Waals surface area contributed by atoms with Crippen LogP contribution in [-0.4, -0.2) is 22.6 Å². The minimum atomic E-state index is 0.498. The number of fused-ring (bicyclic) bond motifs is 1. The van der Waals surface area contributed by atoms with Crippen molar-refractivity contribution in [2.45, 2.75) is 57.4 Å². The molecule has 2 fully saturated rings. The minimum absolute atomic E-state index is 0.498. The van der Waals surface area contributed by atoms with Gasteiger partial charge in [0.05, 0.1) is 5.88 Å². The Bertz CT molecular complexity index is 447. The van der Waals surface area contributed by atoms with E-state index in [0.29, 0.717) is 11.9 Å². The summed E-state index contributed by atoms with van der Waals surface area (Å²) in [7, 11) is 0. The number of alkyl halides is 1. The highest BCUT2D eigenvalue weighted by molar-refractivity contribution is 6.17. The molecule has 4 heteroatoms. The summed E-state index contributed by atoms with van der Waals surface area (Å²) in [4.78, 5) is 11.7. The Morgan fingerprint density at radius 1 is 1.26 bits per heavy atom. The first-order valence-corrected chi connectivity index (χ1v) is 7.98. The summed E-state index contributed by atoms with van der Waals surface area (Å²) >= 11 is 5.89. The van der Waals surface area contributed by atoms with Crippen molar-refractivity contribution >= 4 is 17.5 Å². The topological polar surface area (TPSA) is 29.0 Å². The Kier molecular flexibility index (Phi) is 3.92. The van der Waals surface area contributed by atoms with Gasteiger partial charge in [0.2, 0.25) is 5.95 Å². The number of anilines is 1. The summed E-state index contributed by atoms with van der Waals surface area (Å²) in [6, 6.07) is 0.670. The third kappa shape index (κ3) is 2.58. The Labute approximate surface area is 120 Å². The monoisotopic (exact) mass is 279 g/mol. The number of halogens is 1. The number of aryl methyl sites for hydroxylation is 1. The van der Waals surface area contributed by atoms with Crippen molar-refractivity contribution in [3.05, 3.63) is 17.5 Å². The highest BCUT2D eigenvalue weighted by Gasteiger charge is 2.34. The molecule has 0 bridgehead atoms. The van der Waals surface area contributed by atoms with Crippen LogP contribution in [0.1, 0.15) is 49.8 Å². The normalized spacial score (nSPS) is 27.2. The third-order valence-corrected chi connectivity index (χ3v) is 5.00. The predicted octanol–water partition coefficient (Wildman–Crippen LogP) is 3.68. The quantitative estimate of drug-likeness (QED) is 0.773. The minimum Gasteiger partial charge on any atom is -0.338 e. The number of hydrogen-bond acceptors (Lipinski definition) is 3. The molecule has 0 amide bonds. The van der Waals surface area contributed by atoms with Crippen molar-refractivity contribution in [3.63, 3.8) is 0 Å². The van der Waals surface area contributed by atoms with Crippen LogP contribution in [0, 0.1) is 12.8 Å². The average Bonchev–Trinajstić information content (AvgIpc) is 2.46. The van der Waals surface area contributed by atoms with Gasteiger partial charge < -0.3 is 4.90 Å². The lowest BCUT2D eigenvalue weighted by molar-refractivity contribution is 0.241. The van der Waals surface area contributed by atoms with Crippen molar-refractivity contribution in [2.24, 2.45) is 5.92 Å². The highest BCUT2D eigenvalue weighted by Crippen LogP contribution is 2.36. The molecule has 1 saturated carbocycles. The molecule has 1 saturated heterocycles. The van der Waals surface area contributed by atoms with E-state index >= 15 is 0 Å². The van der Waals surface area contributed by atoms with Crippen LogP contribution < -0.4 is 4.90 Å². The van der Waals surface area contributed by atoms with E-state index in [4.69, 9.17) is 11.6 Å². The lowest BCUT2D eigenvalue weighted by Gasteiger charge is -2.44. The van der Waals surface area contributed by atoms with Crippen LogP contribution in [0.2, 0.25) is 0 Å². The molecule has 0 spiro atoms. The molecule has 2 heterocycles. The van der Waals surface area contributed by atoms with Gasteiger partial charge in [-0.3, -0.25) is 0 Å². The van der Waals surface area contributed by atoms with E-state index in [2.05, 4.69) is 14.9 Å². The van der Waals surface area contributed by atoms with Gasteiger partial charge in [-0.15, -0.1) is 11.6 Å². The summed E-state index contributed by atoms with van der Waals surface area (Å²) in [6.07, 6.45) is 10.0. The Balaban J connectivity index is 1.85. The van der Waals surface area contributed by atoms with Crippen LogP contribution in [0.3, 0.4) is 0 Å². The summed E-state index contributed by atoms with van der Waals surface area (Å²) in [5.41, 5.74) is 2.07. The maximum absolute atomic E-state index is 5.89. The SMILES string of the molecule is Cc1nc(N2CCC[C@H]3CCCC[C@H]32)ncc1CCl. The van der Waals surface area contributed by atoms with Gasteiger partial charge in [-0.1, -0.05) is 12.8 Å². The fraction of sp³-hybridized carbons (Fsp3) is 0.733.